The Morgan fingerprint density at radius 1 is 1.58 bits per heavy atom. The van der Waals surface area contributed by atoms with Crippen LogP contribution in [0.5, 0.6) is 0 Å². The summed E-state index contributed by atoms with van der Waals surface area (Å²) >= 11 is 0. The lowest BCUT2D eigenvalue weighted by atomic mass is 10.0. The van der Waals surface area contributed by atoms with Gasteiger partial charge in [0.15, 0.2) is 0 Å². The lowest BCUT2D eigenvalue weighted by Gasteiger charge is -2.04. The van der Waals surface area contributed by atoms with Gasteiger partial charge in [-0.1, -0.05) is 18.1 Å². The molecule has 0 unspecified atom stereocenters. The summed E-state index contributed by atoms with van der Waals surface area (Å²) in [5, 5.41) is 0. The van der Waals surface area contributed by atoms with Crippen molar-refractivity contribution < 1.29 is 0 Å². The summed E-state index contributed by atoms with van der Waals surface area (Å²) in [6, 6.07) is 5.59. The average Bonchev–Trinajstić information content (AvgIpc) is 2.09. The number of anilines is 1. The quantitative estimate of drug-likeness (QED) is 0.396. The summed E-state index contributed by atoms with van der Waals surface area (Å²) in [7, 11) is 0. The third kappa shape index (κ3) is 1.49. The van der Waals surface area contributed by atoms with Crippen molar-refractivity contribution in [2.45, 2.75) is 6.42 Å². The molecular formula is C11H11N. The number of allylic oxidation sites excluding steroid dienone is 1. The molecule has 0 aliphatic carbocycles. The highest BCUT2D eigenvalue weighted by molar-refractivity contribution is 5.56. The van der Waals surface area contributed by atoms with Gasteiger partial charge in [-0.05, 0) is 24.1 Å². The van der Waals surface area contributed by atoms with E-state index in [1.54, 1.807) is 6.08 Å². The number of nitrogen functional groups attached to an aromatic ring is 1. The maximum absolute atomic E-state index is 5.74. The van der Waals surface area contributed by atoms with Crippen LogP contribution >= 0.6 is 0 Å². The fourth-order valence-corrected chi connectivity index (χ4v) is 1.11. The van der Waals surface area contributed by atoms with Crippen LogP contribution in [-0.2, 0) is 6.42 Å². The smallest absolute Gasteiger partial charge is 0.0362 e. The standard InChI is InChI=1S/C11H11N/c1-3-6-10-9(4-2)7-5-8-11(10)12/h2-3,5,7-8H,1,6,12H2. The van der Waals surface area contributed by atoms with Crippen LogP contribution in [0, 0.1) is 12.3 Å². The Morgan fingerprint density at radius 3 is 2.92 bits per heavy atom. The Labute approximate surface area is 72.9 Å². The molecule has 0 bridgehead atoms. The van der Waals surface area contributed by atoms with Crippen molar-refractivity contribution >= 4 is 5.69 Å². The molecule has 0 heterocycles. The van der Waals surface area contributed by atoms with Crippen molar-refractivity contribution in [1.29, 1.82) is 0 Å². The van der Waals surface area contributed by atoms with Crippen LogP contribution in [0.15, 0.2) is 30.9 Å². The lowest BCUT2D eigenvalue weighted by molar-refractivity contribution is 1.27. The van der Waals surface area contributed by atoms with Crippen molar-refractivity contribution in [3.8, 4) is 12.3 Å². The highest BCUT2D eigenvalue weighted by Crippen LogP contribution is 2.16. The van der Waals surface area contributed by atoms with Crippen molar-refractivity contribution in [3.05, 3.63) is 42.0 Å². The minimum atomic E-state index is 0.728. The Bertz CT molecular complexity index is 331. The minimum absolute atomic E-state index is 0.728. The third-order valence-electron chi connectivity index (χ3n) is 1.72. The van der Waals surface area contributed by atoms with E-state index in [4.69, 9.17) is 12.2 Å². The Kier molecular flexibility index (Phi) is 2.55. The molecule has 2 N–H and O–H groups in total. The molecule has 0 aromatic heterocycles. The fraction of sp³-hybridized carbons (Fsp3) is 0.0909. The Hall–Kier alpha value is -1.68. The van der Waals surface area contributed by atoms with Gasteiger partial charge in [0.2, 0.25) is 0 Å². The van der Waals surface area contributed by atoms with Crippen molar-refractivity contribution in [2.24, 2.45) is 0 Å². The van der Waals surface area contributed by atoms with Crippen LogP contribution in [0.2, 0.25) is 0 Å². The SMILES string of the molecule is C#Cc1cccc(N)c1CC=C. The summed E-state index contributed by atoms with van der Waals surface area (Å²) < 4.78 is 0. The van der Waals surface area contributed by atoms with Gasteiger partial charge in [-0.2, -0.15) is 0 Å². The first-order valence-corrected chi connectivity index (χ1v) is 3.74. The molecule has 1 aromatic carbocycles. The predicted octanol–water partition coefficient (Wildman–Crippen LogP) is 1.98. The summed E-state index contributed by atoms with van der Waals surface area (Å²) in [5.74, 6) is 2.59. The number of rotatable bonds is 2. The van der Waals surface area contributed by atoms with Gasteiger partial charge in [0.25, 0.3) is 0 Å². The van der Waals surface area contributed by atoms with E-state index in [2.05, 4.69) is 12.5 Å². The predicted molar refractivity (Wildman–Crippen MR) is 52.7 cm³/mol. The molecule has 0 radical (unpaired) electrons. The van der Waals surface area contributed by atoms with Crippen LogP contribution in [0.3, 0.4) is 0 Å². The van der Waals surface area contributed by atoms with Crippen LogP contribution in [0.4, 0.5) is 5.69 Å². The van der Waals surface area contributed by atoms with Gasteiger partial charge in [-0.25, -0.2) is 0 Å². The number of terminal acetylenes is 1. The summed E-state index contributed by atoms with van der Waals surface area (Å²) in [6.45, 7) is 3.65. The second-order valence-corrected chi connectivity index (χ2v) is 2.51. The van der Waals surface area contributed by atoms with E-state index in [0.29, 0.717) is 0 Å². The van der Waals surface area contributed by atoms with Crippen molar-refractivity contribution in [1.82, 2.24) is 0 Å². The lowest BCUT2D eigenvalue weighted by Crippen LogP contribution is -1.95. The second kappa shape index (κ2) is 3.64. The zero-order valence-electron chi connectivity index (χ0n) is 6.88. The van der Waals surface area contributed by atoms with Gasteiger partial charge in [-0.15, -0.1) is 13.0 Å². The van der Waals surface area contributed by atoms with E-state index >= 15 is 0 Å². The maximum Gasteiger partial charge on any atom is 0.0362 e. The van der Waals surface area contributed by atoms with E-state index in [9.17, 15) is 0 Å². The maximum atomic E-state index is 5.74. The second-order valence-electron chi connectivity index (χ2n) is 2.51. The first kappa shape index (κ1) is 8.42. The monoisotopic (exact) mass is 157 g/mol. The van der Waals surface area contributed by atoms with Gasteiger partial charge >= 0.3 is 0 Å². The average molecular weight is 157 g/mol. The Balaban J connectivity index is 3.21. The third-order valence-corrected chi connectivity index (χ3v) is 1.72. The molecule has 0 spiro atoms. The first-order chi connectivity index (χ1) is 5.79. The highest BCUT2D eigenvalue weighted by Gasteiger charge is 2.00. The summed E-state index contributed by atoms with van der Waals surface area (Å²) in [4.78, 5) is 0. The number of hydrogen-bond donors (Lipinski definition) is 1. The van der Waals surface area contributed by atoms with E-state index in [1.807, 2.05) is 18.2 Å². The molecule has 0 amide bonds. The topological polar surface area (TPSA) is 26.0 Å². The summed E-state index contributed by atoms with van der Waals surface area (Å²) in [6.07, 6.45) is 7.84. The van der Waals surface area contributed by atoms with E-state index in [0.717, 1.165) is 23.2 Å². The Morgan fingerprint density at radius 2 is 2.33 bits per heavy atom. The van der Waals surface area contributed by atoms with Gasteiger partial charge in [-0.3, -0.25) is 0 Å². The molecule has 60 valence electrons. The fourth-order valence-electron chi connectivity index (χ4n) is 1.11. The van der Waals surface area contributed by atoms with Crippen LogP contribution in [0.1, 0.15) is 11.1 Å². The molecule has 0 atom stereocenters. The largest absolute Gasteiger partial charge is 0.398 e. The highest BCUT2D eigenvalue weighted by atomic mass is 14.6. The van der Waals surface area contributed by atoms with E-state index in [-0.39, 0.29) is 0 Å². The minimum Gasteiger partial charge on any atom is -0.398 e. The number of nitrogens with two attached hydrogens (primary N) is 1. The van der Waals surface area contributed by atoms with E-state index < -0.39 is 0 Å². The molecule has 12 heavy (non-hydrogen) atoms. The van der Waals surface area contributed by atoms with E-state index in [1.165, 1.54) is 0 Å². The van der Waals surface area contributed by atoms with Gasteiger partial charge in [0.1, 0.15) is 0 Å². The molecule has 0 aliphatic heterocycles. The molecule has 1 aromatic rings. The molecule has 0 fully saturated rings. The number of benzene rings is 1. The number of hydrogen-bond acceptors (Lipinski definition) is 1. The zero-order chi connectivity index (χ0) is 8.97. The van der Waals surface area contributed by atoms with Crippen molar-refractivity contribution in [2.75, 3.05) is 5.73 Å². The van der Waals surface area contributed by atoms with Crippen LogP contribution in [0.25, 0.3) is 0 Å². The molecule has 1 heteroatoms. The van der Waals surface area contributed by atoms with Gasteiger partial charge < -0.3 is 5.73 Å². The molecule has 0 aliphatic rings. The normalized spacial score (nSPS) is 8.92. The molecule has 0 saturated heterocycles. The molecular weight excluding hydrogens is 146 g/mol. The zero-order valence-corrected chi connectivity index (χ0v) is 6.88. The van der Waals surface area contributed by atoms with Gasteiger partial charge in [0.05, 0.1) is 0 Å². The first-order valence-electron chi connectivity index (χ1n) is 3.74. The molecule has 1 nitrogen and oxygen atoms in total. The van der Waals surface area contributed by atoms with Crippen molar-refractivity contribution in [3.63, 3.8) is 0 Å². The molecule has 0 saturated carbocycles. The van der Waals surface area contributed by atoms with Gasteiger partial charge in [0, 0.05) is 11.3 Å². The summed E-state index contributed by atoms with van der Waals surface area (Å²) in [5.41, 5.74) is 8.33. The van der Waals surface area contributed by atoms with Crippen LogP contribution in [-0.4, -0.2) is 0 Å². The van der Waals surface area contributed by atoms with Crippen LogP contribution < -0.4 is 5.73 Å². The molecule has 1 rings (SSSR count).